The van der Waals surface area contributed by atoms with Crippen LogP contribution in [-0.2, 0) is 0 Å². The fourth-order valence-corrected chi connectivity index (χ4v) is 3.21. The van der Waals surface area contributed by atoms with Crippen LogP contribution >= 0.6 is 11.6 Å². The van der Waals surface area contributed by atoms with Crippen molar-refractivity contribution in [3.05, 3.63) is 34.9 Å². The maximum Gasteiger partial charge on any atom is 0.0816 e. The smallest absolute Gasteiger partial charge is 0.0816 e. The molecular formula is C17H26ClNO. The molecule has 0 bridgehead atoms. The number of aliphatic hydroxyl groups is 1. The third-order valence-electron chi connectivity index (χ3n) is 4.48. The fraction of sp³-hybridized carbons (Fsp3) is 0.647. The second-order valence-electron chi connectivity index (χ2n) is 6.98. The van der Waals surface area contributed by atoms with E-state index in [1.165, 1.54) is 6.42 Å². The maximum absolute atomic E-state index is 10.3. The lowest BCUT2D eigenvalue weighted by atomic mass is 9.80. The first-order valence-electron chi connectivity index (χ1n) is 7.53. The predicted molar refractivity (Wildman–Crippen MR) is 85.0 cm³/mol. The summed E-state index contributed by atoms with van der Waals surface area (Å²) in [6, 6.07) is 7.57. The Hall–Kier alpha value is -0.570. The van der Waals surface area contributed by atoms with Crippen molar-refractivity contribution in [2.75, 3.05) is 19.6 Å². The van der Waals surface area contributed by atoms with E-state index in [0.717, 1.165) is 37.5 Å². The van der Waals surface area contributed by atoms with Gasteiger partial charge in [-0.1, -0.05) is 50.6 Å². The van der Waals surface area contributed by atoms with Crippen LogP contribution in [0.15, 0.2) is 24.3 Å². The second-order valence-corrected chi connectivity index (χ2v) is 7.39. The SMILES string of the molecule is CC(C)(C)C1CCN(CCC(O)c2ccccc2Cl)C1. The molecule has 0 radical (unpaired) electrons. The average molecular weight is 296 g/mol. The lowest BCUT2D eigenvalue weighted by Gasteiger charge is -2.27. The van der Waals surface area contributed by atoms with Crippen LogP contribution in [0.3, 0.4) is 0 Å². The molecule has 0 aromatic heterocycles. The van der Waals surface area contributed by atoms with Gasteiger partial charge < -0.3 is 10.0 Å². The highest BCUT2D eigenvalue weighted by atomic mass is 35.5. The summed E-state index contributed by atoms with van der Waals surface area (Å²) >= 11 is 6.12. The summed E-state index contributed by atoms with van der Waals surface area (Å²) < 4.78 is 0. The molecule has 1 N–H and O–H groups in total. The second kappa shape index (κ2) is 6.46. The van der Waals surface area contributed by atoms with E-state index in [2.05, 4.69) is 25.7 Å². The Bertz CT molecular complexity index is 441. The van der Waals surface area contributed by atoms with E-state index in [1.807, 2.05) is 24.3 Å². The number of hydrogen-bond donors (Lipinski definition) is 1. The number of likely N-dealkylation sites (tertiary alicyclic amines) is 1. The van der Waals surface area contributed by atoms with Crippen molar-refractivity contribution in [2.24, 2.45) is 11.3 Å². The van der Waals surface area contributed by atoms with Crippen molar-refractivity contribution in [1.82, 2.24) is 4.90 Å². The summed E-state index contributed by atoms with van der Waals surface area (Å²) in [4.78, 5) is 2.47. The normalized spacial score (nSPS) is 22.1. The van der Waals surface area contributed by atoms with Crippen molar-refractivity contribution in [3.63, 3.8) is 0 Å². The Balaban J connectivity index is 1.83. The van der Waals surface area contributed by atoms with Crippen LogP contribution in [0.5, 0.6) is 0 Å². The van der Waals surface area contributed by atoms with E-state index >= 15 is 0 Å². The molecule has 2 rings (SSSR count). The van der Waals surface area contributed by atoms with Crippen molar-refractivity contribution in [3.8, 4) is 0 Å². The van der Waals surface area contributed by atoms with Gasteiger partial charge >= 0.3 is 0 Å². The van der Waals surface area contributed by atoms with E-state index in [-0.39, 0.29) is 0 Å². The zero-order valence-electron chi connectivity index (χ0n) is 12.8. The van der Waals surface area contributed by atoms with E-state index in [4.69, 9.17) is 11.6 Å². The van der Waals surface area contributed by atoms with Crippen molar-refractivity contribution >= 4 is 11.6 Å². The van der Waals surface area contributed by atoms with Crippen LogP contribution in [0.2, 0.25) is 5.02 Å². The van der Waals surface area contributed by atoms with Gasteiger partial charge in [-0.25, -0.2) is 0 Å². The van der Waals surface area contributed by atoms with Gasteiger partial charge in [-0.3, -0.25) is 0 Å². The van der Waals surface area contributed by atoms with Crippen LogP contribution < -0.4 is 0 Å². The zero-order chi connectivity index (χ0) is 14.8. The molecule has 2 atom stereocenters. The first-order valence-corrected chi connectivity index (χ1v) is 7.90. The predicted octanol–water partition coefficient (Wildman–Crippen LogP) is 4.13. The van der Waals surface area contributed by atoms with E-state index in [9.17, 15) is 5.11 Å². The maximum atomic E-state index is 10.3. The van der Waals surface area contributed by atoms with Crippen molar-refractivity contribution in [2.45, 2.75) is 39.7 Å². The highest BCUT2D eigenvalue weighted by Crippen LogP contribution is 2.34. The fourth-order valence-electron chi connectivity index (χ4n) is 2.95. The Morgan fingerprint density at radius 2 is 2.05 bits per heavy atom. The Kier molecular flexibility index (Phi) is 5.11. The molecule has 1 aliphatic rings. The molecule has 3 heteroatoms. The summed E-state index contributed by atoms with van der Waals surface area (Å²) in [5.41, 5.74) is 1.23. The summed E-state index contributed by atoms with van der Waals surface area (Å²) in [5.74, 6) is 0.764. The van der Waals surface area contributed by atoms with Gasteiger partial charge in [-0.05, 0) is 42.3 Å². The van der Waals surface area contributed by atoms with Crippen LogP contribution in [-0.4, -0.2) is 29.6 Å². The first-order chi connectivity index (χ1) is 9.38. The van der Waals surface area contributed by atoms with Gasteiger partial charge in [0, 0.05) is 18.1 Å². The van der Waals surface area contributed by atoms with E-state index < -0.39 is 6.10 Å². The van der Waals surface area contributed by atoms with Crippen LogP contribution in [0, 0.1) is 11.3 Å². The molecule has 112 valence electrons. The average Bonchev–Trinajstić information content (AvgIpc) is 2.85. The van der Waals surface area contributed by atoms with Gasteiger partial charge in [0.1, 0.15) is 0 Å². The molecule has 20 heavy (non-hydrogen) atoms. The number of benzene rings is 1. The van der Waals surface area contributed by atoms with Gasteiger partial charge in [0.15, 0.2) is 0 Å². The van der Waals surface area contributed by atoms with Gasteiger partial charge in [-0.2, -0.15) is 0 Å². The van der Waals surface area contributed by atoms with Crippen molar-refractivity contribution < 1.29 is 5.11 Å². The lowest BCUT2D eigenvalue weighted by molar-refractivity contribution is 0.144. The molecule has 0 saturated carbocycles. The van der Waals surface area contributed by atoms with Crippen LogP contribution in [0.4, 0.5) is 0 Å². The quantitative estimate of drug-likeness (QED) is 0.903. The van der Waals surface area contributed by atoms with Gasteiger partial charge in [0.05, 0.1) is 6.10 Å². The Morgan fingerprint density at radius 1 is 1.35 bits per heavy atom. The minimum Gasteiger partial charge on any atom is -0.388 e. The molecule has 1 fully saturated rings. The van der Waals surface area contributed by atoms with Crippen LogP contribution in [0.25, 0.3) is 0 Å². The molecule has 1 aromatic carbocycles. The van der Waals surface area contributed by atoms with E-state index in [0.29, 0.717) is 10.4 Å². The van der Waals surface area contributed by atoms with Gasteiger partial charge in [0.2, 0.25) is 0 Å². The molecule has 0 spiro atoms. The van der Waals surface area contributed by atoms with E-state index in [1.54, 1.807) is 0 Å². The minimum absolute atomic E-state index is 0.385. The first kappa shape index (κ1) is 15.8. The standard InChI is InChI=1S/C17H26ClNO/c1-17(2,3)13-8-10-19(12-13)11-9-16(20)14-6-4-5-7-15(14)18/h4-7,13,16,20H,8-12H2,1-3H3. The molecule has 2 nitrogen and oxygen atoms in total. The number of hydrogen-bond acceptors (Lipinski definition) is 2. The van der Waals surface area contributed by atoms with Gasteiger partial charge in [0.25, 0.3) is 0 Å². The zero-order valence-corrected chi connectivity index (χ0v) is 13.5. The summed E-state index contributed by atoms with van der Waals surface area (Å²) in [5, 5.41) is 10.9. The molecule has 0 aliphatic carbocycles. The molecule has 1 aromatic rings. The molecule has 1 heterocycles. The minimum atomic E-state index is -0.461. The summed E-state index contributed by atoms with van der Waals surface area (Å²) in [6.07, 6.45) is 1.56. The summed E-state index contributed by atoms with van der Waals surface area (Å²) in [7, 11) is 0. The molecule has 1 saturated heterocycles. The molecule has 1 aliphatic heterocycles. The largest absolute Gasteiger partial charge is 0.388 e. The number of nitrogens with zero attached hydrogens (tertiary/aromatic N) is 1. The topological polar surface area (TPSA) is 23.5 Å². The molecule has 0 amide bonds. The van der Waals surface area contributed by atoms with Crippen LogP contribution in [0.1, 0.15) is 45.3 Å². The number of halogens is 1. The number of rotatable bonds is 4. The molecular weight excluding hydrogens is 270 g/mol. The third-order valence-corrected chi connectivity index (χ3v) is 4.82. The Labute approximate surface area is 127 Å². The highest BCUT2D eigenvalue weighted by molar-refractivity contribution is 6.31. The molecule has 2 unspecified atom stereocenters. The van der Waals surface area contributed by atoms with Crippen molar-refractivity contribution in [1.29, 1.82) is 0 Å². The summed E-state index contributed by atoms with van der Waals surface area (Å²) in [6.45, 7) is 10.2. The lowest BCUT2D eigenvalue weighted by Crippen LogP contribution is -2.27. The Morgan fingerprint density at radius 3 is 2.65 bits per heavy atom. The van der Waals surface area contributed by atoms with Gasteiger partial charge in [-0.15, -0.1) is 0 Å². The monoisotopic (exact) mass is 295 g/mol. The third kappa shape index (κ3) is 3.97. The highest BCUT2D eigenvalue weighted by Gasteiger charge is 2.31. The number of aliphatic hydroxyl groups excluding tert-OH is 1.